The number of hydrogen-bond acceptors (Lipinski definition) is 3. The summed E-state index contributed by atoms with van der Waals surface area (Å²) in [4.78, 5) is 4.23. The van der Waals surface area contributed by atoms with Crippen molar-refractivity contribution in [3.05, 3.63) is 52.2 Å². The fourth-order valence-corrected chi connectivity index (χ4v) is 3.10. The van der Waals surface area contributed by atoms with Crippen molar-refractivity contribution in [2.45, 2.75) is 12.8 Å². The predicted octanol–water partition coefficient (Wildman–Crippen LogP) is 2.39. The zero-order valence-electron chi connectivity index (χ0n) is 8.80. The van der Waals surface area contributed by atoms with Crippen molar-refractivity contribution < 1.29 is 24.5 Å². The Kier molecular flexibility index (Phi) is 3.81. The van der Waals surface area contributed by atoms with E-state index in [1.54, 1.807) is 12.3 Å². The van der Waals surface area contributed by atoms with Gasteiger partial charge in [-0.2, -0.15) is 0 Å². The van der Waals surface area contributed by atoms with Gasteiger partial charge in [-0.25, -0.2) is 0 Å². The molecule has 1 aromatic rings. The van der Waals surface area contributed by atoms with Crippen LogP contribution in [0.3, 0.4) is 0 Å². The Labute approximate surface area is 100 Å². The number of hydrogen-bond donors (Lipinski definition) is 0. The molecule has 1 aliphatic carbocycles. The molecule has 0 saturated carbocycles. The van der Waals surface area contributed by atoms with Crippen molar-refractivity contribution in [2.75, 3.05) is 0 Å². The zero-order valence-corrected chi connectivity index (χ0v) is 10.4. The standard InChI is InChI=1S/C12H12N.2O.Ti/c1-2-6-11(7-3-1)10-12-8-4-5-9-13-12;;;/h1-5,8-9,11H,6,10H2;;;. The number of allylic oxidation sites excluding steroid dienone is 4. The molecule has 1 aromatic heterocycles. The van der Waals surface area contributed by atoms with Gasteiger partial charge in [0.15, 0.2) is 0 Å². The first-order valence-electron chi connectivity index (χ1n) is 5.25. The van der Waals surface area contributed by atoms with Gasteiger partial charge in [0.2, 0.25) is 0 Å². The second kappa shape index (κ2) is 5.33. The Morgan fingerprint density at radius 2 is 2.25 bits per heavy atom. The Morgan fingerprint density at radius 3 is 2.94 bits per heavy atom. The van der Waals surface area contributed by atoms with Crippen molar-refractivity contribution in [2.24, 2.45) is 5.92 Å². The van der Waals surface area contributed by atoms with Crippen LogP contribution < -0.4 is 0 Å². The summed E-state index contributed by atoms with van der Waals surface area (Å²) in [6.45, 7) is 0. The van der Waals surface area contributed by atoms with Crippen LogP contribution in [-0.2, 0) is 30.9 Å². The summed E-state index contributed by atoms with van der Waals surface area (Å²) < 4.78 is 23.0. The van der Waals surface area contributed by atoms with Crippen LogP contribution in [0, 0.1) is 5.92 Å². The summed E-state index contributed by atoms with van der Waals surface area (Å²) in [7, 11) is 0. The summed E-state index contributed by atoms with van der Waals surface area (Å²) in [5.41, 5.74) is 0.952. The molecular weight excluding hydrogens is 238 g/mol. The van der Waals surface area contributed by atoms with Crippen LogP contribution in [0.25, 0.3) is 0 Å². The van der Waals surface area contributed by atoms with E-state index in [0.717, 1.165) is 12.1 Å². The molecule has 1 unspecified atom stereocenters. The second-order valence-corrected chi connectivity index (χ2v) is 5.59. The topological polar surface area (TPSA) is 47.0 Å². The van der Waals surface area contributed by atoms with Crippen LogP contribution >= 0.6 is 0 Å². The first kappa shape index (κ1) is 11.4. The van der Waals surface area contributed by atoms with Gasteiger partial charge in [-0.1, -0.05) is 0 Å². The third kappa shape index (κ3) is 2.74. The number of rotatable bonds is 3. The molecule has 0 saturated heterocycles. The van der Waals surface area contributed by atoms with E-state index in [1.807, 2.05) is 30.4 Å². The molecule has 3 nitrogen and oxygen atoms in total. The summed E-state index contributed by atoms with van der Waals surface area (Å²) in [6.07, 6.45) is 8.81. The van der Waals surface area contributed by atoms with Gasteiger partial charge in [0, 0.05) is 0 Å². The minimum absolute atomic E-state index is 0.0879. The molecule has 0 bridgehead atoms. The fourth-order valence-electron chi connectivity index (χ4n) is 1.88. The van der Waals surface area contributed by atoms with Crippen molar-refractivity contribution in [1.29, 1.82) is 0 Å². The normalized spacial score (nSPS) is 19.2. The zero-order chi connectivity index (χ0) is 11.4. The monoisotopic (exact) mass is 250 g/mol. The summed E-state index contributed by atoms with van der Waals surface area (Å²) >= 11 is -3.43. The summed E-state index contributed by atoms with van der Waals surface area (Å²) in [6, 6.07) is 5.72. The van der Waals surface area contributed by atoms with Crippen LogP contribution in [0.5, 0.6) is 0 Å². The molecule has 1 heterocycles. The molecule has 4 heteroatoms. The molecule has 2 rings (SSSR count). The maximum absolute atomic E-state index is 11.2. The van der Waals surface area contributed by atoms with E-state index in [1.165, 1.54) is 0 Å². The molecule has 1 atom stereocenters. The molecule has 0 N–H and O–H groups in total. The van der Waals surface area contributed by atoms with E-state index >= 15 is 0 Å². The van der Waals surface area contributed by atoms with Crippen LogP contribution in [-0.4, -0.2) is 4.98 Å². The molecule has 16 heavy (non-hydrogen) atoms. The van der Waals surface area contributed by atoms with E-state index < -0.39 is 17.8 Å². The van der Waals surface area contributed by atoms with Crippen molar-refractivity contribution in [3.8, 4) is 0 Å². The predicted molar refractivity (Wildman–Crippen MR) is 54.6 cm³/mol. The second-order valence-electron chi connectivity index (χ2n) is 3.80. The maximum atomic E-state index is 11.2. The van der Waals surface area contributed by atoms with Crippen molar-refractivity contribution in [1.82, 2.24) is 4.98 Å². The average molecular weight is 250 g/mol. The van der Waals surface area contributed by atoms with Gasteiger partial charge in [-0.3, -0.25) is 0 Å². The van der Waals surface area contributed by atoms with Crippen LogP contribution in [0.2, 0.25) is 0 Å². The van der Waals surface area contributed by atoms with Gasteiger partial charge in [0.1, 0.15) is 0 Å². The van der Waals surface area contributed by atoms with Gasteiger partial charge >= 0.3 is 100 Å². The molecule has 0 spiro atoms. The Hall–Kier alpha value is -1.06. The Bertz CT molecular complexity index is 481. The number of pyridine rings is 1. The third-order valence-corrected chi connectivity index (χ3v) is 4.32. The molecular formula is C12H12NO2Ti. The van der Waals surface area contributed by atoms with E-state index in [9.17, 15) is 6.65 Å². The van der Waals surface area contributed by atoms with Gasteiger partial charge in [-0.15, -0.1) is 0 Å². The average Bonchev–Trinajstić information content (AvgIpc) is 2.31. The quantitative estimate of drug-likeness (QED) is 0.774. The van der Waals surface area contributed by atoms with Crippen LogP contribution in [0.4, 0.5) is 0 Å². The van der Waals surface area contributed by atoms with Crippen LogP contribution in [0.1, 0.15) is 12.1 Å². The molecule has 1 aliphatic rings. The van der Waals surface area contributed by atoms with Crippen molar-refractivity contribution in [3.63, 3.8) is 0 Å². The molecule has 0 amide bonds. The van der Waals surface area contributed by atoms with E-state index in [-0.39, 0.29) is 5.92 Å². The Morgan fingerprint density at radius 1 is 1.38 bits per heavy atom. The summed E-state index contributed by atoms with van der Waals surface area (Å²) in [5, 5.41) is 0. The molecule has 0 fully saturated rings. The molecule has 81 valence electrons. The Balaban J connectivity index is 2.17. The fraction of sp³-hybridized carbons (Fsp3) is 0.250. The van der Waals surface area contributed by atoms with E-state index in [2.05, 4.69) is 4.98 Å². The van der Waals surface area contributed by atoms with Gasteiger partial charge in [0.25, 0.3) is 0 Å². The van der Waals surface area contributed by atoms with E-state index in [0.29, 0.717) is 10.3 Å². The first-order chi connectivity index (χ1) is 7.77. The minimum atomic E-state index is -3.43. The van der Waals surface area contributed by atoms with Gasteiger partial charge in [0.05, 0.1) is 0 Å². The molecule has 0 radical (unpaired) electrons. The first-order valence-corrected chi connectivity index (χ1v) is 7.31. The van der Waals surface area contributed by atoms with Crippen LogP contribution in [0.15, 0.2) is 46.5 Å². The third-order valence-electron chi connectivity index (χ3n) is 2.69. The SMILES string of the molecule is [O]=[Ti](=[O])[C]1=CC=CCC1Cc1ccccn1. The number of nitrogens with zero attached hydrogens (tertiary/aromatic N) is 1. The van der Waals surface area contributed by atoms with Gasteiger partial charge in [-0.05, 0) is 0 Å². The number of aromatic nitrogens is 1. The van der Waals surface area contributed by atoms with Gasteiger partial charge < -0.3 is 0 Å². The summed E-state index contributed by atoms with van der Waals surface area (Å²) in [5.74, 6) is 0.0879. The van der Waals surface area contributed by atoms with Crippen molar-refractivity contribution >= 4 is 0 Å². The molecule has 0 aliphatic heterocycles. The van der Waals surface area contributed by atoms with E-state index in [4.69, 9.17) is 0 Å². The molecule has 0 aromatic carbocycles.